The van der Waals surface area contributed by atoms with E-state index < -0.39 is 16.1 Å². The maximum Gasteiger partial charge on any atom is 0.137 e. The molecule has 0 unspecified atom stereocenters. The van der Waals surface area contributed by atoms with Gasteiger partial charge in [0.05, 0.1) is 0 Å². The third-order valence-corrected chi connectivity index (χ3v) is 14.4. The molecule has 0 spiro atoms. The Kier molecular flexibility index (Phi) is 5.98. The minimum atomic E-state index is -2.02. The largest absolute Gasteiger partial charge is 0.137 e. The second kappa shape index (κ2) is 8.82. The van der Waals surface area contributed by atoms with Crippen LogP contribution in [0.15, 0.2) is 133 Å². The molecule has 0 saturated carbocycles. The van der Waals surface area contributed by atoms with Gasteiger partial charge in [-0.25, -0.2) is 0 Å². The van der Waals surface area contributed by atoms with E-state index in [4.69, 9.17) is 0 Å². The van der Waals surface area contributed by atoms with Gasteiger partial charge < -0.3 is 0 Å². The third-order valence-electron chi connectivity index (χ3n) is 6.24. The summed E-state index contributed by atoms with van der Waals surface area (Å²) in [7, 11) is -4.05. The highest BCUT2D eigenvalue weighted by molar-refractivity contribution is 7.09. The van der Waals surface area contributed by atoms with Crippen LogP contribution in [0.3, 0.4) is 0 Å². The molecule has 0 aliphatic rings. The number of rotatable bonds is 6. The van der Waals surface area contributed by atoms with Crippen molar-refractivity contribution >= 4 is 36.9 Å². The average molecular weight is 421 g/mol. The molecule has 148 valence electrons. The summed E-state index contributed by atoms with van der Waals surface area (Å²) >= 11 is 0. The van der Waals surface area contributed by atoms with Gasteiger partial charge in [0.25, 0.3) is 0 Å². The molecule has 4 rings (SSSR count). The molecule has 0 aromatic heterocycles. The van der Waals surface area contributed by atoms with E-state index in [1.54, 1.807) is 0 Å². The van der Waals surface area contributed by atoms with E-state index in [2.05, 4.69) is 146 Å². The van der Waals surface area contributed by atoms with Crippen LogP contribution >= 0.6 is 0 Å². The predicted octanol–water partition coefficient (Wildman–Crippen LogP) is 4.41. The van der Waals surface area contributed by atoms with Gasteiger partial charge in [-0.2, -0.15) is 0 Å². The smallest absolute Gasteiger partial charge is 0.0932 e. The fraction of sp³-hybridized carbons (Fsp3) is 0.0714. The summed E-state index contributed by atoms with van der Waals surface area (Å²) in [6, 6.07) is 44.2. The van der Waals surface area contributed by atoms with Crippen molar-refractivity contribution in [2.75, 3.05) is 0 Å². The second-order valence-corrected chi connectivity index (χ2v) is 16.0. The Balaban J connectivity index is 1.87. The van der Waals surface area contributed by atoms with E-state index in [1.807, 2.05) is 0 Å². The van der Waals surface area contributed by atoms with Gasteiger partial charge in [-0.3, -0.25) is 0 Å². The van der Waals surface area contributed by atoms with Gasteiger partial charge in [0.15, 0.2) is 0 Å². The van der Waals surface area contributed by atoms with Gasteiger partial charge in [-0.05, 0) is 0 Å². The third kappa shape index (κ3) is 4.02. The zero-order valence-corrected chi connectivity index (χ0v) is 19.7. The van der Waals surface area contributed by atoms with Crippen molar-refractivity contribution in [2.45, 2.75) is 13.1 Å². The van der Waals surface area contributed by atoms with Crippen molar-refractivity contribution in [1.82, 2.24) is 0 Å². The molecule has 0 amide bonds. The van der Waals surface area contributed by atoms with Crippen molar-refractivity contribution in [3.63, 3.8) is 0 Å². The Morgan fingerprint density at radius 2 is 0.567 bits per heavy atom. The number of hydrogen-bond acceptors (Lipinski definition) is 0. The lowest BCUT2D eigenvalue weighted by atomic mass is 10.4. The standard InChI is InChI=1S/C28H28Si2/c1-29(25-15-7-3-8-16-25,26-17-9-4-10-18-26)23-24-30(2,27-19-11-5-12-20-27)28-21-13-6-14-22-28/h3-24H,1-2H3/b24-23-. The molecule has 0 saturated heterocycles. The molecule has 0 aliphatic carbocycles. The normalized spacial score (nSPS) is 12.2. The van der Waals surface area contributed by atoms with Crippen LogP contribution in [-0.2, 0) is 0 Å². The topological polar surface area (TPSA) is 0 Å². The lowest BCUT2D eigenvalue weighted by Crippen LogP contribution is -2.58. The first-order valence-corrected chi connectivity index (χ1v) is 15.7. The molecule has 0 bridgehead atoms. The van der Waals surface area contributed by atoms with Gasteiger partial charge in [-0.1, -0.05) is 167 Å². The first kappa shape index (κ1) is 20.3. The molecule has 0 radical (unpaired) electrons. The predicted molar refractivity (Wildman–Crippen MR) is 137 cm³/mol. The Morgan fingerprint density at radius 1 is 0.367 bits per heavy atom. The monoisotopic (exact) mass is 420 g/mol. The average Bonchev–Trinajstić information content (AvgIpc) is 2.84. The second-order valence-electron chi connectivity index (χ2n) is 8.20. The molecular formula is C28H28Si2. The van der Waals surface area contributed by atoms with Crippen molar-refractivity contribution < 1.29 is 0 Å². The first-order chi connectivity index (χ1) is 14.6. The van der Waals surface area contributed by atoms with Crippen LogP contribution < -0.4 is 20.7 Å². The molecule has 0 heterocycles. The molecule has 4 aromatic rings. The molecule has 0 fully saturated rings. The lowest BCUT2D eigenvalue weighted by Gasteiger charge is -2.30. The quantitative estimate of drug-likeness (QED) is 0.405. The highest BCUT2D eigenvalue weighted by Gasteiger charge is 2.33. The van der Waals surface area contributed by atoms with Crippen molar-refractivity contribution in [3.05, 3.63) is 133 Å². The summed E-state index contributed by atoms with van der Waals surface area (Å²) in [5.74, 6) is 0. The van der Waals surface area contributed by atoms with Crippen LogP contribution in [0.1, 0.15) is 0 Å². The van der Waals surface area contributed by atoms with Gasteiger partial charge in [0, 0.05) is 0 Å². The van der Waals surface area contributed by atoms with Crippen LogP contribution in [-0.4, -0.2) is 16.1 Å². The minimum absolute atomic E-state index is 1.45. The van der Waals surface area contributed by atoms with E-state index in [0.29, 0.717) is 0 Å². The van der Waals surface area contributed by atoms with Gasteiger partial charge in [-0.15, -0.1) is 0 Å². The van der Waals surface area contributed by atoms with Crippen molar-refractivity contribution in [1.29, 1.82) is 0 Å². The van der Waals surface area contributed by atoms with Crippen LogP contribution in [0, 0.1) is 0 Å². The molecule has 30 heavy (non-hydrogen) atoms. The summed E-state index contributed by atoms with van der Waals surface area (Å²) < 4.78 is 0. The van der Waals surface area contributed by atoms with E-state index in [-0.39, 0.29) is 0 Å². The molecule has 0 nitrogen and oxygen atoms in total. The van der Waals surface area contributed by atoms with E-state index in [1.165, 1.54) is 20.7 Å². The Labute approximate surface area is 182 Å². The summed E-state index contributed by atoms with van der Waals surface area (Å²) in [4.78, 5) is 0. The maximum absolute atomic E-state index is 2.59. The van der Waals surface area contributed by atoms with Gasteiger partial charge >= 0.3 is 0 Å². The van der Waals surface area contributed by atoms with Crippen LogP contribution in [0.5, 0.6) is 0 Å². The number of hydrogen-bond donors (Lipinski definition) is 0. The van der Waals surface area contributed by atoms with E-state index in [0.717, 1.165) is 0 Å². The Hall–Kier alpha value is -2.95. The maximum atomic E-state index is 2.59. The zero-order valence-electron chi connectivity index (χ0n) is 17.7. The van der Waals surface area contributed by atoms with Crippen LogP contribution in [0.2, 0.25) is 13.1 Å². The summed E-state index contributed by atoms with van der Waals surface area (Å²) in [6.45, 7) is 4.94. The molecular weight excluding hydrogens is 392 g/mol. The van der Waals surface area contributed by atoms with Crippen LogP contribution in [0.25, 0.3) is 0 Å². The van der Waals surface area contributed by atoms with E-state index in [9.17, 15) is 0 Å². The Bertz CT molecular complexity index is 918. The minimum Gasteiger partial charge on any atom is -0.0932 e. The fourth-order valence-corrected chi connectivity index (χ4v) is 11.8. The highest BCUT2D eigenvalue weighted by Crippen LogP contribution is 2.13. The summed E-state index contributed by atoms with van der Waals surface area (Å²) in [6.07, 6.45) is 0. The van der Waals surface area contributed by atoms with Crippen LogP contribution in [0.4, 0.5) is 0 Å². The highest BCUT2D eigenvalue weighted by atomic mass is 28.3. The molecule has 4 aromatic carbocycles. The van der Waals surface area contributed by atoms with Crippen molar-refractivity contribution in [3.8, 4) is 0 Å². The zero-order chi connectivity index (χ0) is 20.9. The number of benzene rings is 4. The Morgan fingerprint density at radius 3 is 0.767 bits per heavy atom. The molecule has 0 aliphatic heterocycles. The molecule has 0 N–H and O–H groups in total. The van der Waals surface area contributed by atoms with Gasteiger partial charge in [0.2, 0.25) is 0 Å². The summed E-state index contributed by atoms with van der Waals surface area (Å²) in [5.41, 5.74) is 5.17. The summed E-state index contributed by atoms with van der Waals surface area (Å²) in [5, 5.41) is 5.80. The first-order valence-electron chi connectivity index (χ1n) is 10.6. The van der Waals surface area contributed by atoms with Crippen molar-refractivity contribution in [2.24, 2.45) is 0 Å². The van der Waals surface area contributed by atoms with Gasteiger partial charge in [0.1, 0.15) is 16.1 Å². The lowest BCUT2D eigenvalue weighted by molar-refractivity contribution is 1.68. The fourth-order valence-electron chi connectivity index (χ4n) is 4.19. The molecule has 0 atom stereocenters. The van der Waals surface area contributed by atoms with E-state index >= 15 is 0 Å². The molecule has 2 heteroatoms. The SMILES string of the molecule is C[Si](/C=C\[Si](C)(c1ccccc1)c1ccccc1)(c1ccccc1)c1ccccc1.